The summed E-state index contributed by atoms with van der Waals surface area (Å²) in [5.74, 6) is 1.24. The number of nitrogens with two attached hydrogens (primary N) is 1. The quantitative estimate of drug-likeness (QED) is 0.882. The van der Waals surface area contributed by atoms with Gasteiger partial charge in [0.25, 0.3) is 0 Å². The van der Waals surface area contributed by atoms with Gasteiger partial charge in [0.1, 0.15) is 0 Å². The fourth-order valence-electron chi connectivity index (χ4n) is 4.38. The van der Waals surface area contributed by atoms with E-state index in [2.05, 4.69) is 10.4 Å². The number of benzene rings is 1. The third kappa shape index (κ3) is 2.84. The standard InChI is InChI=1S/C19H24N4O/c20-18-15-7-6-14(10-15)17(18)19(24)21-9-8-13-11-22-23(12-13)16-4-2-1-3-5-16/h1-5,11-12,14-15,17-18H,6-10,20H2,(H,21,24). The van der Waals surface area contributed by atoms with E-state index < -0.39 is 0 Å². The number of aromatic nitrogens is 2. The maximum atomic E-state index is 12.5. The number of hydrogen-bond acceptors (Lipinski definition) is 3. The molecule has 1 aromatic carbocycles. The normalized spacial score (nSPS) is 28.2. The van der Waals surface area contributed by atoms with Crippen molar-refractivity contribution in [1.29, 1.82) is 0 Å². The summed E-state index contributed by atoms with van der Waals surface area (Å²) in [5, 5.41) is 7.47. The van der Waals surface area contributed by atoms with Crippen molar-refractivity contribution in [2.45, 2.75) is 31.7 Å². The molecule has 1 heterocycles. The van der Waals surface area contributed by atoms with Crippen LogP contribution >= 0.6 is 0 Å². The zero-order valence-electron chi connectivity index (χ0n) is 13.8. The number of carbonyl (C=O) groups is 1. The Morgan fingerprint density at radius 1 is 1.25 bits per heavy atom. The third-order valence-electron chi connectivity index (χ3n) is 5.65. The molecule has 2 bridgehead atoms. The van der Waals surface area contributed by atoms with Crippen LogP contribution in [-0.4, -0.2) is 28.3 Å². The van der Waals surface area contributed by atoms with Crippen molar-refractivity contribution in [2.24, 2.45) is 23.5 Å². The summed E-state index contributed by atoms with van der Waals surface area (Å²) in [7, 11) is 0. The summed E-state index contributed by atoms with van der Waals surface area (Å²) in [6, 6.07) is 10.1. The van der Waals surface area contributed by atoms with Crippen LogP contribution in [0.3, 0.4) is 0 Å². The smallest absolute Gasteiger partial charge is 0.224 e. The highest BCUT2D eigenvalue weighted by Crippen LogP contribution is 2.47. The van der Waals surface area contributed by atoms with Crippen molar-refractivity contribution >= 4 is 5.91 Å². The first kappa shape index (κ1) is 15.4. The lowest BCUT2D eigenvalue weighted by atomic mass is 9.84. The Hall–Kier alpha value is -2.14. The topological polar surface area (TPSA) is 72.9 Å². The molecule has 2 aliphatic carbocycles. The van der Waals surface area contributed by atoms with Gasteiger partial charge in [-0.1, -0.05) is 18.2 Å². The van der Waals surface area contributed by atoms with Crippen LogP contribution in [0.5, 0.6) is 0 Å². The Balaban J connectivity index is 1.30. The van der Waals surface area contributed by atoms with Gasteiger partial charge in [-0.3, -0.25) is 4.79 Å². The molecule has 126 valence electrons. The summed E-state index contributed by atoms with van der Waals surface area (Å²) < 4.78 is 1.86. The SMILES string of the molecule is NC1C2CCC(C2)C1C(=O)NCCc1cnn(-c2ccccc2)c1. The third-order valence-corrected chi connectivity index (χ3v) is 5.65. The molecule has 2 fully saturated rings. The molecule has 1 aromatic heterocycles. The molecule has 0 spiro atoms. The summed E-state index contributed by atoms with van der Waals surface area (Å²) in [6.45, 7) is 0.639. The minimum Gasteiger partial charge on any atom is -0.355 e. The highest BCUT2D eigenvalue weighted by molar-refractivity contribution is 5.80. The number of carbonyl (C=O) groups excluding carboxylic acids is 1. The minimum atomic E-state index is 0.0239. The molecule has 2 saturated carbocycles. The lowest BCUT2D eigenvalue weighted by Gasteiger charge is -2.26. The molecule has 2 aliphatic rings. The molecule has 4 atom stereocenters. The monoisotopic (exact) mass is 324 g/mol. The number of para-hydroxylation sites is 1. The van der Waals surface area contributed by atoms with E-state index in [0.29, 0.717) is 18.4 Å². The molecular weight excluding hydrogens is 300 g/mol. The van der Waals surface area contributed by atoms with Gasteiger partial charge in [0.05, 0.1) is 17.8 Å². The highest BCUT2D eigenvalue weighted by atomic mass is 16.1. The van der Waals surface area contributed by atoms with Crippen molar-refractivity contribution in [3.63, 3.8) is 0 Å². The highest BCUT2D eigenvalue weighted by Gasteiger charge is 2.48. The van der Waals surface area contributed by atoms with Crippen LogP contribution in [0.2, 0.25) is 0 Å². The van der Waals surface area contributed by atoms with E-state index in [-0.39, 0.29) is 17.9 Å². The fourth-order valence-corrected chi connectivity index (χ4v) is 4.38. The Morgan fingerprint density at radius 3 is 2.79 bits per heavy atom. The number of rotatable bonds is 5. The first-order chi connectivity index (χ1) is 11.7. The van der Waals surface area contributed by atoms with E-state index in [0.717, 1.165) is 24.1 Å². The lowest BCUT2D eigenvalue weighted by Crippen LogP contribution is -2.45. The van der Waals surface area contributed by atoms with Crippen LogP contribution in [-0.2, 0) is 11.2 Å². The van der Waals surface area contributed by atoms with Crippen molar-refractivity contribution < 1.29 is 4.79 Å². The van der Waals surface area contributed by atoms with Crippen LogP contribution in [0.1, 0.15) is 24.8 Å². The molecule has 5 heteroatoms. The Kier molecular flexibility index (Phi) is 4.10. The zero-order valence-corrected chi connectivity index (χ0v) is 13.8. The predicted molar refractivity (Wildman–Crippen MR) is 92.6 cm³/mol. The van der Waals surface area contributed by atoms with Gasteiger partial charge in [0.15, 0.2) is 0 Å². The van der Waals surface area contributed by atoms with Crippen LogP contribution in [0.25, 0.3) is 5.69 Å². The summed E-state index contributed by atoms with van der Waals surface area (Å²) >= 11 is 0. The van der Waals surface area contributed by atoms with Crippen molar-refractivity contribution in [3.8, 4) is 5.69 Å². The summed E-state index contributed by atoms with van der Waals surface area (Å²) in [5.41, 5.74) is 8.41. The van der Waals surface area contributed by atoms with E-state index in [1.165, 1.54) is 12.8 Å². The van der Waals surface area contributed by atoms with Crippen molar-refractivity contribution in [3.05, 3.63) is 48.3 Å². The van der Waals surface area contributed by atoms with Gasteiger partial charge in [-0.15, -0.1) is 0 Å². The van der Waals surface area contributed by atoms with Gasteiger partial charge in [0.2, 0.25) is 5.91 Å². The van der Waals surface area contributed by atoms with Gasteiger partial charge in [-0.05, 0) is 55.2 Å². The van der Waals surface area contributed by atoms with Crippen LogP contribution < -0.4 is 11.1 Å². The number of nitrogens with zero attached hydrogens (tertiary/aromatic N) is 2. The molecule has 0 radical (unpaired) electrons. The first-order valence-electron chi connectivity index (χ1n) is 8.84. The zero-order chi connectivity index (χ0) is 16.5. The molecule has 1 amide bonds. The molecule has 0 saturated heterocycles. The predicted octanol–water partition coefficient (Wildman–Crippen LogP) is 1.90. The van der Waals surface area contributed by atoms with Gasteiger partial charge < -0.3 is 11.1 Å². The molecule has 4 unspecified atom stereocenters. The van der Waals surface area contributed by atoms with Crippen LogP contribution in [0, 0.1) is 17.8 Å². The average Bonchev–Trinajstić information content (AvgIpc) is 3.31. The van der Waals surface area contributed by atoms with Crippen molar-refractivity contribution in [2.75, 3.05) is 6.54 Å². The lowest BCUT2D eigenvalue weighted by molar-refractivity contribution is -0.127. The molecular formula is C19H24N4O. The van der Waals surface area contributed by atoms with E-state index in [9.17, 15) is 4.79 Å². The second kappa shape index (κ2) is 6.40. The van der Waals surface area contributed by atoms with Gasteiger partial charge in [-0.25, -0.2) is 4.68 Å². The Morgan fingerprint density at radius 2 is 2.04 bits per heavy atom. The average molecular weight is 324 g/mol. The van der Waals surface area contributed by atoms with E-state index in [4.69, 9.17) is 5.73 Å². The number of nitrogens with one attached hydrogen (secondary N) is 1. The number of amides is 1. The summed E-state index contributed by atoms with van der Waals surface area (Å²) in [6.07, 6.45) is 8.18. The number of hydrogen-bond donors (Lipinski definition) is 2. The van der Waals surface area contributed by atoms with Crippen molar-refractivity contribution in [1.82, 2.24) is 15.1 Å². The molecule has 5 nitrogen and oxygen atoms in total. The molecule has 2 aromatic rings. The van der Waals surface area contributed by atoms with Gasteiger partial charge in [0, 0.05) is 18.8 Å². The summed E-state index contributed by atoms with van der Waals surface area (Å²) in [4.78, 5) is 12.5. The van der Waals surface area contributed by atoms with Gasteiger partial charge >= 0.3 is 0 Å². The number of fused-ring (bicyclic) bond motifs is 2. The molecule has 24 heavy (non-hydrogen) atoms. The second-order valence-corrected chi connectivity index (χ2v) is 7.11. The Bertz CT molecular complexity index is 709. The molecule has 0 aliphatic heterocycles. The van der Waals surface area contributed by atoms with E-state index in [1.807, 2.05) is 47.4 Å². The molecule has 3 N–H and O–H groups in total. The van der Waals surface area contributed by atoms with E-state index >= 15 is 0 Å². The second-order valence-electron chi connectivity index (χ2n) is 7.11. The Labute approximate surface area is 142 Å². The largest absolute Gasteiger partial charge is 0.355 e. The maximum Gasteiger partial charge on any atom is 0.224 e. The van der Waals surface area contributed by atoms with Crippen LogP contribution in [0.15, 0.2) is 42.7 Å². The van der Waals surface area contributed by atoms with Gasteiger partial charge in [-0.2, -0.15) is 5.10 Å². The van der Waals surface area contributed by atoms with Crippen LogP contribution in [0.4, 0.5) is 0 Å². The first-order valence-corrected chi connectivity index (χ1v) is 8.84. The molecule has 4 rings (SSSR count). The fraction of sp³-hybridized carbons (Fsp3) is 0.474. The minimum absolute atomic E-state index is 0.0239. The van der Waals surface area contributed by atoms with E-state index in [1.54, 1.807) is 0 Å². The maximum absolute atomic E-state index is 12.5.